The van der Waals surface area contributed by atoms with Crippen LogP contribution in [0.2, 0.25) is 0 Å². The number of aliphatic carboxylic acids is 1. The molecule has 0 fully saturated rings. The molecular weight excluding hydrogens is 221 g/mol. The lowest BCUT2D eigenvalue weighted by molar-refractivity contribution is -0.137. The van der Waals surface area contributed by atoms with Crippen LogP contribution in [0, 0.1) is 5.82 Å². The first kappa shape index (κ1) is 13.6. The molecule has 0 spiro atoms. The summed E-state index contributed by atoms with van der Waals surface area (Å²) in [5.74, 6) is -1.02. The van der Waals surface area contributed by atoms with Crippen molar-refractivity contribution in [1.29, 1.82) is 0 Å². The van der Waals surface area contributed by atoms with Crippen LogP contribution in [-0.2, 0) is 4.79 Å². The summed E-state index contributed by atoms with van der Waals surface area (Å²) >= 11 is 0. The van der Waals surface area contributed by atoms with E-state index in [1.54, 1.807) is 18.2 Å². The third-order valence-electron chi connectivity index (χ3n) is 2.65. The number of rotatable bonds is 7. The van der Waals surface area contributed by atoms with Gasteiger partial charge in [0, 0.05) is 18.0 Å². The van der Waals surface area contributed by atoms with Gasteiger partial charge in [0.25, 0.3) is 0 Å². The number of benzene rings is 1. The SMILES string of the molecule is CCC(NCCCC(=O)O)c1ccccc1F. The van der Waals surface area contributed by atoms with Crippen molar-refractivity contribution in [2.24, 2.45) is 0 Å². The second-order valence-electron chi connectivity index (χ2n) is 3.93. The third-order valence-corrected chi connectivity index (χ3v) is 2.65. The Morgan fingerprint density at radius 2 is 2.18 bits per heavy atom. The van der Waals surface area contributed by atoms with E-state index in [0.717, 1.165) is 6.42 Å². The smallest absolute Gasteiger partial charge is 0.303 e. The molecule has 0 bridgehead atoms. The minimum absolute atomic E-state index is 0.0509. The van der Waals surface area contributed by atoms with E-state index in [9.17, 15) is 9.18 Å². The molecule has 0 aliphatic carbocycles. The number of nitrogens with one attached hydrogen (secondary N) is 1. The molecule has 3 nitrogen and oxygen atoms in total. The summed E-state index contributed by atoms with van der Waals surface area (Å²) in [7, 11) is 0. The van der Waals surface area contributed by atoms with Gasteiger partial charge < -0.3 is 10.4 Å². The van der Waals surface area contributed by atoms with Gasteiger partial charge in [-0.25, -0.2) is 4.39 Å². The van der Waals surface area contributed by atoms with E-state index >= 15 is 0 Å². The van der Waals surface area contributed by atoms with Crippen LogP contribution >= 0.6 is 0 Å². The number of carboxylic acids is 1. The fourth-order valence-corrected chi connectivity index (χ4v) is 1.75. The summed E-state index contributed by atoms with van der Waals surface area (Å²) in [5, 5.41) is 11.7. The quantitative estimate of drug-likeness (QED) is 0.719. The fraction of sp³-hybridized carbons (Fsp3) is 0.462. The Balaban J connectivity index is 2.49. The summed E-state index contributed by atoms with van der Waals surface area (Å²) < 4.78 is 13.5. The van der Waals surface area contributed by atoms with E-state index in [2.05, 4.69) is 5.32 Å². The summed E-state index contributed by atoms with van der Waals surface area (Å²) in [5.41, 5.74) is 0.644. The van der Waals surface area contributed by atoms with E-state index in [1.807, 2.05) is 6.92 Å². The zero-order valence-electron chi connectivity index (χ0n) is 9.95. The molecule has 0 aliphatic heterocycles. The normalized spacial score (nSPS) is 12.4. The molecule has 1 atom stereocenters. The topological polar surface area (TPSA) is 49.3 Å². The van der Waals surface area contributed by atoms with Crippen molar-refractivity contribution in [2.75, 3.05) is 6.54 Å². The van der Waals surface area contributed by atoms with Crippen LogP contribution in [0.5, 0.6) is 0 Å². The Bertz CT molecular complexity index is 368. The molecule has 17 heavy (non-hydrogen) atoms. The first-order valence-electron chi connectivity index (χ1n) is 5.84. The average molecular weight is 239 g/mol. The van der Waals surface area contributed by atoms with Crippen molar-refractivity contribution in [2.45, 2.75) is 32.2 Å². The highest BCUT2D eigenvalue weighted by Gasteiger charge is 2.12. The Hall–Kier alpha value is -1.42. The lowest BCUT2D eigenvalue weighted by Gasteiger charge is -2.17. The molecule has 0 radical (unpaired) electrons. The summed E-state index contributed by atoms with van der Waals surface area (Å²) in [6.07, 6.45) is 1.47. The lowest BCUT2D eigenvalue weighted by Crippen LogP contribution is -2.23. The van der Waals surface area contributed by atoms with Crippen LogP contribution in [-0.4, -0.2) is 17.6 Å². The van der Waals surface area contributed by atoms with Gasteiger partial charge in [-0.05, 0) is 25.5 Å². The molecule has 0 saturated carbocycles. The Labute approximate surface area is 101 Å². The molecule has 4 heteroatoms. The van der Waals surface area contributed by atoms with E-state index in [1.165, 1.54) is 6.07 Å². The van der Waals surface area contributed by atoms with Crippen LogP contribution < -0.4 is 5.32 Å². The maximum absolute atomic E-state index is 13.5. The van der Waals surface area contributed by atoms with Crippen molar-refractivity contribution in [1.82, 2.24) is 5.32 Å². The number of hydrogen-bond acceptors (Lipinski definition) is 2. The predicted octanol–water partition coefficient (Wildman–Crippen LogP) is 2.73. The highest BCUT2D eigenvalue weighted by atomic mass is 19.1. The maximum Gasteiger partial charge on any atom is 0.303 e. The van der Waals surface area contributed by atoms with Gasteiger partial charge in [0.15, 0.2) is 0 Å². The number of hydrogen-bond donors (Lipinski definition) is 2. The minimum atomic E-state index is -0.800. The minimum Gasteiger partial charge on any atom is -0.481 e. The molecule has 2 N–H and O–H groups in total. The van der Waals surface area contributed by atoms with Gasteiger partial charge in [0.1, 0.15) is 5.82 Å². The van der Waals surface area contributed by atoms with Gasteiger partial charge in [-0.1, -0.05) is 25.1 Å². The number of halogens is 1. The average Bonchev–Trinajstić information content (AvgIpc) is 2.30. The maximum atomic E-state index is 13.5. The van der Waals surface area contributed by atoms with Crippen molar-refractivity contribution >= 4 is 5.97 Å². The Kier molecular flexibility index (Phi) is 5.63. The summed E-state index contributed by atoms with van der Waals surface area (Å²) in [6.45, 7) is 2.56. The van der Waals surface area contributed by atoms with Crippen molar-refractivity contribution in [3.8, 4) is 0 Å². The molecule has 0 aliphatic rings. The number of carboxylic acid groups (broad SMARTS) is 1. The molecule has 1 rings (SSSR count). The highest BCUT2D eigenvalue weighted by molar-refractivity contribution is 5.66. The van der Waals surface area contributed by atoms with Crippen LogP contribution in [0.25, 0.3) is 0 Å². The van der Waals surface area contributed by atoms with Crippen molar-refractivity contribution in [3.05, 3.63) is 35.6 Å². The molecule has 1 unspecified atom stereocenters. The second kappa shape index (κ2) is 7.01. The molecule has 1 aromatic rings. The van der Waals surface area contributed by atoms with Crippen molar-refractivity contribution < 1.29 is 14.3 Å². The molecule has 0 saturated heterocycles. The lowest BCUT2D eigenvalue weighted by atomic mass is 10.0. The summed E-state index contributed by atoms with van der Waals surface area (Å²) in [4.78, 5) is 10.3. The number of carbonyl (C=O) groups is 1. The van der Waals surface area contributed by atoms with E-state index < -0.39 is 5.97 Å². The highest BCUT2D eigenvalue weighted by Crippen LogP contribution is 2.19. The molecule has 0 heterocycles. The fourth-order valence-electron chi connectivity index (χ4n) is 1.75. The predicted molar refractivity (Wildman–Crippen MR) is 64.3 cm³/mol. The second-order valence-corrected chi connectivity index (χ2v) is 3.93. The van der Waals surface area contributed by atoms with Crippen molar-refractivity contribution in [3.63, 3.8) is 0 Å². The van der Waals surface area contributed by atoms with Crippen LogP contribution in [0.1, 0.15) is 37.8 Å². The zero-order valence-corrected chi connectivity index (χ0v) is 9.95. The molecule has 0 amide bonds. The van der Waals surface area contributed by atoms with Gasteiger partial charge in [-0.15, -0.1) is 0 Å². The summed E-state index contributed by atoms with van der Waals surface area (Å²) in [6, 6.07) is 6.62. The van der Waals surface area contributed by atoms with Crippen LogP contribution in [0.3, 0.4) is 0 Å². The first-order chi connectivity index (χ1) is 8.15. The van der Waals surface area contributed by atoms with E-state index in [0.29, 0.717) is 18.5 Å². The van der Waals surface area contributed by atoms with Gasteiger partial charge in [0.05, 0.1) is 0 Å². The van der Waals surface area contributed by atoms with Gasteiger partial charge in [0.2, 0.25) is 0 Å². The van der Waals surface area contributed by atoms with Gasteiger partial charge in [-0.3, -0.25) is 4.79 Å². The zero-order chi connectivity index (χ0) is 12.7. The van der Waals surface area contributed by atoms with Gasteiger partial charge >= 0.3 is 5.97 Å². The van der Waals surface area contributed by atoms with E-state index in [-0.39, 0.29) is 18.3 Å². The third kappa shape index (κ3) is 4.53. The monoisotopic (exact) mass is 239 g/mol. The van der Waals surface area contributed by atoms with Crippen LogP contribution in [0.4, 0.5) is 4.39 Å². The Morgan fingerprint density at radius 1 is 1.47 bits per heavy atom. The largest absolute Gasteiger partial charge is 0.481 e. The van der Waals surface area contributed by atoms with Gasteiger partial charge in [-0.2, -0.15) is 0 Å². The standard InChI is InChI=1S/C13H18FNO2/c1-2-12(15-9-5-8-13(16)17)10-6-3-4-7-11(10)14/h3-4,6-7,12,15H,2,5,8-9H2,1H3,(H,16,17). The molecule has 0 aromatic heterocycles. The van der Waals surface area contributed by atoms with Crippen LogP contribution in [0.15, 0.2) is 24.3 Å². The van der Waals surface area contributed by atoms with E-state index in [4.69, 9.17) is 5.11 Å². The molecular formula is C13H18FNO2. The Morgan fingerprint density at radius 3 is 2.76 bits per heavy atom. The molecule has 94 valence electrons. The first-order valence-corrected chi connectivity index (χ1v) is 5.84. The molecule has 1 aromatic carbocycles.